The third-order valence-electron chi connectivity index (χ3n) is 2.11. The summed E-state index contributed by atoms with van der Waals surface area (Å²) < 4.78 is 4.75. The second kappa shape index (κ2) is 6.98. The van der Waals surface area contributed by atoms with Gasteiger partial charge in [0, 0.05) is 17.7 Å². The molecule has 96 valence electrons. The highest BCUT2D eigenvalue weighted by Crippen LogP contribution is 2.28. The van der Waals surface area contributed by atoms with E-state index in [9.17, 15) is 9.90 Å². The van der Waals surface area contributed by atoms with Crippen molar-refractivity contribution >= 4 is 18.4 Å². The zero-order chi connectivity index (χ0) is 12.1. The molecule has 1 atom stereocenters. The first-order chi connectivity index (χ1) is 7.54. The van der Waals surface area contributed by atoms with Crippen molar-refractivity contribution < 1.29 is 19.7 Å². The number of benzene rings is 1. The third kappa shape index (κ3) is 4.50. The Balaban J connectivity index is 0.00000256. The molecule has 0 aliphatic heterocycles. The molecule has 0 unspecified atom stereocenters. The minimum atomic E-state index is -0.639. The molecule has 0 amide bonds. The number of phenols is 2. The first kappa shape index (κ1) is 15.5. The summed E-state index contributed by atoms with van der Waals surface area (Å²) in [6.07, 6.45) is -0.00776. The van der Waals surface area contributed by atoms with E-state index in [1.54, 1.807) is 6.92 Å². The lowest BCUT2D eigenvalue weighted by molar-refractivity contribution is -0.143. The molecule has 4 N–H and O–H groups in total. The van der Waals surface area contributed by atoms with Gasteiger partial charge in [-0.15, -0.1) is 12.4 Å². The molecule has 0 aliphatic rings. The van der Waals surface area contributed by atoms with Crippen LogP contribution >= 0.6 is 12.4 Å². The molecule has 1 rings (SSSR count). The lowest BCUT2D eigenvalue weighted by Gasteiger charge is -2.12. The smallest absolute Gasteiger partial charge is 0.307 e. The van der Waals surface area contributed by atoms with Gasteiger partial charge in [-0.3, -0.25) is 4.79 Å². The van der Waals surface area contributed by atoms with Crippen LogP contribution in [0, 0.1) is 0 Å². The summed E-state index contributed by atoms with van der Waals surface area (Å²) in [5.41, 5.74) is 6.14. The van der Waals surface area contributed by atoms with E-state index in [4.69, 9.17) is 15.6 Å². The molecule has 6 heteroatoms. The van der Waals surface area contributed by atoms with Crippen LogP contribution in [0.5, 0.6) is 11.5 Å². The van der Waals surface area contributed by atoms with Gasteiger partial charge in [0.2, 0.25) is 0 Å². The molecule has 5 nitrogen and oxygen atoms in total. The summed E-state index contributed by atoms with van der Waals surface area (Å²) in [7, 11) is 0. The fourth-order valence-corrected chi connectivity index (χ4v) is 1.36. The number of hydrogen-bond acceptors (Lipinski definition) is 5. The molecule has 0 bridgehead atoms. The Morgan fingerprint density at radius 1 is 1.47 bits per heavy atom. The lowest BCUT2D eigenvalue weighted by atomic mass is 10.0. The minimum Gasteiger partial charge on any atom is -0.508 e. The molecule has 17 heavy (non-hydrogen) atoms. The number of esters is 1. The Hall–Kier alpha value is -1.46. The van der Waals surface area contributed by atoms with Gasteiger partial charge in [-0.25, -0.2) is 0 Å². The Labute approximate surface area is 106 Å². The SMILES string of the molecule is CCOC(=O)C[C@@H](N)c1ccc(O)cc1O.Cl. The molecule has 0 saturated heterocycles. The lowest BCUT2D eigenvalue weighted by Crippen LogP contribution is -2.17. The number of ether oxygens (including phenoxy) is 1. The molecular weight excluding hydrogens is 246 g/mol. The van der Waals surface area contributed by atoms with E-state index in [1.165, 1.54) is 18.2 Å². The number of nitrogens with two attached hydrogens (primary N) is 1. The van der Waals surface area contributed by atoms with Crippen molar-refractivity contribution in [1.29, 1.82) is 0 Å². The maximum absolute atomic E-state index is 11.2. The normalized spacial score (nSPS) is 11.4. The number of rotatable bonds is 4. The van der Waals surface area contributed by atoms with Crippen LogP contribution in [-0.2, 0) is 9.53 Å². The molecule has 0 heterocycles. The summed E-state index contributed by atoms with van der Waals surface area (Å²) in [5, 5.41) is 18.6. The topological polar surface area (TPSA) is 92.8 Å². The van der Waals surface area contributed by atoms with Crippen LogP contribution in [0.1, 0.15) is 24.9 Å². The quantitative estimate of drug-likeness (QED) is 0.714. The van der Waals surface area contributed by atoms with Crippen LogP contribution in [0.25, 0.3) is 0 Å². The molecule has 0 saturated carbocycles. The summed E-state index contributed by atoms with van der Waals surface area (Å²) in [5.74, 6) is -0.594. The van der Waals surface area contributed by atoms with Crippen LogP contribution in [0.15, 0.2) is 18.2 Å². The van der Waals surface area contributed by atoms with Crippen molar-refractivity contribution in [2.45, 2.75) is 19.4 Å². The first-order valence-corrected chi connectivity index (χ1v) is 4.97. The maximum atomic E-state index is 11.2. The van der Waals surface area contributed by atoms with E-state index < -0.39 is 12.0 Å². The van der Waals surface area contributed by atoms with Crippen molar-refractivity contribution in [1.82, 2.24) is 0 Å². The largest absolute Gasteiger partial charge is 0.508 e. The van der Waals surface area contributed by atoms with Gasteiger partial charge in [0.1, 0.15) is 11.5 Å². The van der Waals surface area contributed by atoms with E-state index in [2.05, 4.69) is 0 Å². The second-order valence-corrected chi connectivity index (χ2v) is 3.36. The maximum Gasteiger partial charge on any atom is 0.307 e. The number of carbonyl (C=O) groups is 1. The van der Waals surface area contributed by atoms with Crippen molar-refractivity contribution in [2.24, 2.45) is 5.73 Å². The van der Waals surface area contributed by atoms with Crippen molar-refractivity contribution in [3.63, 3.8) is 0 Å². The molecule has 1 aromatic carbocycles. The van der Waals surface area contributed by atoms with Gasteiger partial charge in [-0.05, 0) is 13.0 Å². The van der Waals surface area contributed by atoms with Gasteiger partial charge < -0.3 is 20.7 Å². The summed E-state index contributed by atoms with van der Waals surface area (Å²) in [6, 6.07) is 3.43. The zero-order valence-electron chi connectivity index (χ0n) is 9.42. The molecule has 0 aromatic heterocycles. The van der Waals surface area contributed by atoms with Crippen LogP contribution in [0.4, 0.5) is 0 Å². The molecule has 1 aromatic rings. The van der Waals surface area contributed by atoms with Crippen LogP contribution in [0.2, 0.25) is 0 Å². The molecule has 0 fully saturated rings. The van der Waals surface area contributed by atoms with Gasteiger partial charge in [-0.2, -0.15) is 0 Å². The van der Waals surface area contributed by atoms with Crippen LogP contribution < -0.4 is 5.73 Å². The Bertz CT molecular complexity index is 384. The number of halogens is 1. The van der Waals surface area contributed by atoms with E-state index >= 15 is 0 Å². The van der Waals surface area contributed by atoms with Crippen molar-refractivity contribution in [3.05, 3.63) is 23.8 Å². The highest BCUT2D eigenvalue weighted by atomic mass is 35.5. The van der Waals surface area contributed by atoms with Crippen LogP contribution in [0.3, 0.4) is 0 Å². The summed E-state index contributed by atoms with van der Waals surface area (Å²) in [6.45, 7) is 2.01. The highest BCUT2D eigenvalue weighted by molar-refractivity contribution is 5.85. The number of carbonyl (C=O) groups excluding carboxylic acids is 1. The number of phenolic OH excluding ortho intramolecular Hbond substituents is 2. The Morgan fingerprint density at radius 2 is 2.12 bits per heavy atom. The Morgan fingerprint density at radius 3 is 2.65 bits per heavy atom. The summed E-state index contributed by atoms with van der Waals surface area (Å²) >= 11 is 0. The first-order valence-electron chi connectivity index (χ1n) is 4.97. The number of hydrogen-bond donors (Lipinski definition) is 3. The third-order valence-corrected chi connectivity index (χ3v) is 2.11. The standard InChI is InChI=1S/C11H15NO4.ClH/c1-2-16-11(15)6-9(12)8-4-3-7(13)5-10(8)14;/h3-5,9,13-14H,2,6,12H2,1H3;1H/t9-;/m1./s1. The van der Waals surface area contributed by atoms with Crippen molar-refractivity contribution in [2.75, 3.05) is 6.61 Å². The fourth-order valence-electron chi connectivity index (χ4n) is 1.36. The monoisotopic (exact) mass is 261 g/mol. The predicted molar refractivity (Wildman–Crippen MR) is 65.2 cm³/mol. The van der Waals surface area contributed by atoms with E-state index in [-0.39, 0.29) is 30.3 Å². The van der Waals surface area contributed by atoms with E-state index in [0.717, 1.165) is 0 Å². The van der Waals surface area contributed by atoms with Crippen molar-refractivity contribution in [3.8, 4) is 11.5 Å². The average Bonchev–Trinajstić information content (AvgIpc) is 2.17. The number of aromatic hydroxyl groups is 2. The van der Waals surface area contributed by atoms with E-state index in [1.807, 2.05) is 0 Å². The van der Waals surface area contributed by atoms with Gasteiger partial charge >= 0.3 is 5.97 Å². The fraction of sp³-hybridized carbons (Fsp3) is 0.364. The molecule has 0 radical (unpaired) electrons. The Kier molecular flexibility index (Phi) is 6.38. The van der Waals surface area contributed by atoms with Gasteiger partial charge in [-0.1, -0.05) is 6.07 Å². The average molecular weight is 262 g/mol. The second-order valence-electron chi connectivity index (χ2n) is 3.36. The van der Waals surface area contributed by atoms with Gasteiger partial charge in [0.05, 0.1) is 13.0 Å². The van der Waals surface area contributed by atoms with Gasteiger partial charge in [0.25, 0.3) is 0 Å². The van der Waals surface area contributed by atoms with Gasteiger partial charge in [0.15, 0.2) is 0 Å². The van der Waals surface area contributed by atoms with E-state index in [0.29, 0.717) is 12.2 Å². The minimum absolute atomic E-state index is 0. The predicted octanol–water partition coefficient (Wildman–Crippen LogP) is 1.47. The van der Waals surface area contributed by atoms with Crippen LogP contribution in [-0.4, -0.2) is 22.8 Å². The highest BCUT2D eigenvalue weighted by Gasteiger charge is 2.15. The molecule has 0 spiro atoms. The zero-order valence-corrected chi connectivity index (χ0v) is 10.2. The molecule has 0 aliphatic carbocycles. The summed E-state index contributed by atoms with van der Waals surface area (Å²) in [4.78, 5) is 11.2. The molecular formula is C11H16ClNO4.